The molecule has 0 spiro atoms. The van der Waals surface area contributed by atoms with Crippen molar-refractivity contribution in [2.24, 2.45) is 0 Å². The molecule has 3 aromatic rings. The van der Waals surface area contributed by atoms with Crippen LogP contribution in [-0.4, -0.2) is 13.4 Å². The highest BCUT2D eigenvalue weighted by Gasteiger charge is 2.17. The van der Waals surface area contributed by atoms with Gasteiger partial charge in [0.2, 0.25) is 0 Å². The van der Waals surface area contributed by atoms with Gasteiger partial charge < -0.3 is 4.74 Å². The molecule has 1 aromatic heterocycles. The number of sulfonamides is 1. The first-order chi connectivity index (χ1) is 11.9. The van der Waals surface area contributed by atoms with Crippen molar-refractivity contribution in [2.45, 2.75) is 25.3 Å². The van der Waals surface area contributed by atoms with Crippen LogP contribution in [-0.2, 0) is 16.6 Å². The average molecular weight is 374 g/mol. The van der Waals surface area contributed by atoms with E-state index in [-0.39, 0.29) is 4.90 Å². The molecule has 5 nitrogen and oxygen atoms in total. The van der Waals surface area contributed by atoms with E-state index in [4.69, 9.17) is 4.74 Å². The Bertz CT molecular complexity index is 947. The van der Waals surface area contributed by atoms with E-state index in [1.807, 2.05) is 50.2 Å². The standard InChI is InChI=1S/C18H18N2O3S2/c1-13-14(2)24-18(19-13)20-25(21,22)17-10-6-7-15(11-17)12-23-16-8-4-3-5-9-16/h3-11H,12H2,1-2H3,(H,19,20). The van der Waals surface area contributed by atoms with E-state index in [1.165, 1.54) is 11.3 Å². The van der Waals surface area contributed by atoms with Crippen LogP contribution in [0.5, 0.6) is 5.75 Å². The molecular formula is C18H18N2O3S2. The third-order valence-electron chi connectivity index (χ3n) is 3.61. The summed E-state index contributed by atoms with van der Waals surface area (Å²) in [4.78, 5) is 5.40. The maximum absolute atomic E-state index is 12.6. The first-order valence-corrected chi connectivity index (χ1v) is 9.98. The maximum Gasteiger partial charge on any atom is 0.263 e. The average Bonchev–Trinajstić information content (AvgIpc) is 2.91. The number of ether oxygens (including phenoxy) is 1. The minimum absolute atomic E-state index is 0.187. The molecule has 0 aliphatic carbocycles. The molecule has 0 fully saturated rings. The number of nitrogens with one attached hydrogen (secondary N) is 1. The Morgan fingerprint density at radius 3 is 2.52 bits per heavy atom. The predicted molar refractivity (Wildman–Crippen MR) is 99.6 cm³/mol. The van der Waals surface area contributed by atoms with Crippen molar-refractivity contribution < 1.29 is 13.2 Å². The van der Waals surface area contributed by atoms with Crippen molar-refractivity contribution in [3.63, 3.8) is 0 Å². The molecule has 0 saturated carbocycles. The van der Waals surface area contributed by atoms with Gasteiger partial charge in [-0.15, -0.1) is 11.3 Å². The summed E-state index contributed by atoms with van der Waals surface area (Å²) in [6.45, 7) is 4.06. The van der Waals surface area contributed by atoms with Gasteiger partial charge in [-0.25, -0.2) is 13.4 Å². The number of para-hydroxylation sites is 1. The fraction of sp³-hybridized carbons (Fsp3) is 0.167. The molecule has 3 rings (SSSR count). The number of nitrogens with zero attached hydrogens (tertiary/aromatic N) is 1. The highest BCUT2D eigenvalue weighted by atomic mass is 32.2. The van der Waals surface area contributed by atoms with Gasteiger partial charge in [-0.05, 0) is 43.7 Å². The number of aromatic nitrogens is 1. The number of thiazole rings is 1. The van der Waals surface area contributed by atoms with Gasteiger partial charge in [0.1, 0.15) is 12.4 Å². The van der Waals surface area contributed by atoms with Crippen LogP contribution in [0.3, 0.4) is 0 Å². The molecule has 0 saturated heterocycles. The monoisotopic (exact) mass is 374 g/mol. The Morgan fingerprint density at radius 2 is 1.84 bits per heavy atom. The molecule has 0 bridgehead atoms. The summed E-state index contributed by atoms with van der Waals surface area (Å²) in [7, 11) is -3.68. The SMILES string of the molecule is Cc1nc(NS(=O)(=O)c2cccc(COc3ccccc3)c2)sc1C. The van der Waals surface area contributed by atoms with Gasteiger partial charge in [0, 0.05) is 4.88 Å². The molecule has 0 aliphatic heterocycles. The van der Waals surface area contributed by atoms with Gasteiger partial charge in [-0.2, -0.15) is 0 Å². The summed E-state index contributed by atoms with van der Waals surface area (Å²) in [6.07, 6.45) is 0. The Labute approximate surface area is 151 Å². The van der Waals surface area contributed by atoms with Crippen molar-refractivity contribution in [1.82, 2.24) is 4.98 Å². The molecule has 0 radical (unpaired) electrons. The summed E-state index contributed by atoms with van der Waals surface area (Å²) < 4.78 is 33.3. The molecule has 0 unspecified atom stereocenters. The zero-order valence-corrected chi connectivity index (χ0v) is 15.5. The first-order valence-electron chi connectivity index (χ1n) is 7.68. The zero-order chi connectivity index (χ0) is 17.9. The van der Waals surface area contributed by atoms with E-state index in [1.54, 1.807) is 18.2 Å². The molecule has 0 atom stereocenters. The summed E-state index contributed by atoms with van der Waals surface area (Å²) in [6, 6.07) is 16.1. The quantitative estimate of drug-likeness (QED) is 0.704. The van der Waals surface area contributed by atoms with E-state index < -0.39 is 10.0 Å². The lowest BCUT2D eigenvalue weighted by atomic mass is 10.2. The number of anilines is 1. The Kier molecular flexibility index (Phi) is 5.06. The smallest absolute Gasteiger partial charge is 0.263 e. The zero-order valence-electron chi connectivity index (χ0n) is 13.9. The van der Waals surface area contributed by atoms with Crippen LogP contribution in [0.4, 0.5) is 5.13 Å². The number of rotatable bonds is 6. The maximum atomic E-state index is 12.6. The summed E-state index contributed by atoms with van der Waals surface area (Å²) in [5, 5.41) is 0.376. The third kappa shape index (κ3) is 4.37. The van der Waals surface area contributed by atoms with E-state index >= 15 is 0 Å². The first kappa shape index (κ1) is 17.4. The van der Waals surface area contributed by atoms with Gasteiger partial charge in [-0.3, -0.25) is 4.72 Å². The lowest BCUT2D eigenvalue weighted by molar-refractivity contribution is 0.306. The molecular weight excluding hydrogens is 356 g/mol. The normalized spacial score (nSPS) is 11.3. The second kappa shape index (κ2) is 7.25. The Balaban J connectivity index is 1.75. The summed E-state index contributed by atoms with van der Waals surface area (Å²) in [5.74, 6) is 0.739. The largest absolute Gasteiger partial charge is 0.489 e. The van der Waals surface area contributed by atoms with Crippen LogP contribution >= 0.6 is 11.3 Å². The number of benzene rings is 2. The topological polar surface area (TPSA) is 68.3 Å². The fourth-order valence-corrected chi connectivity index (χ4v) is 4.30. The molecule has 0 amide bonds. The summed E-state index contributed by atoms with van der Waals surface area (Å²) in [5.41, 5.74) is 1.60. The van der Waals surface area contributed by atoms with Crippen molar-refractivity contribution in [2.75, 3.05) is 4.72 Å². The number of hydrogen-bond acceptors (Lipinski definition) is 5. The molecule has 2 aromatic carbocycles. The van der Waals surface area contributed by atoms with E-state index in [0.717, 1.165) is 21.9 Å². The number of hydrogen-bond donors (Lipinski definition) is 1. The van der Waals surface area contributed by atoms with Crippen LogP contribution in [0.1, 0.15) is 16.1 Å². The Hall–Kier alpha value is -2.38. The van der Waals surface area contributed by atoms with Crippen LogP contribution in [0.2, 0.25) is 0 Å². The molecule has 25 heavy (non-hydrogen) atoms. The van der Waals surface area contributed by atoms with Crippen LogP contribution in [0.15, 0.2) is 59.5 Å². The van der Waals surface area contributed by atoms with Crippen LogP contribution < -0.4 is 9.46 Å². The highest BCUT2D eigenvalue weighted by Crippen LogP contribution is 2.24. The minimum Gasteiger partial charge on any atom is -0.489 e. The Morgan fingerprint density at radius 1 is 1.08 bits per heavy atom. The van der Waals surface area contributed by atoms with E-state index in [2.05, 4.69) is 9.71 Å². The van der Waals surface area contributed by atoms with Crippen LogP contribution in [0, 0.1) is 13.8 Å². The van der Waals surface area contributed by atoms with Gasteiger partial charge >= 0.3 is 0 Å². The second-order valence-electron chi connectivity index (χ2n) is 5.52. The van der Waals surface area contributed by atoms with Crippen molar-refractivity contribution >= 4 is 26.5 Å². The molecule has 1 heterocycles. The lowest BCUT2D eigenvalue weighted by Gasteiger charge is -2.09. The van der Waals surface area contributed by atoms with Crippen molar-refractivity contribution in [3.8, 4) is 5.75 Å². The van der Waals surface area contributed by atoms with E-state index in [0.29, 0.717) is 11.7 Å². The number of aryl methyl sites for hydroxylation is 2. The third-order valence-corrected chi connectivity index (χ3v) is 6.06. The predicted octanol–water partition coefficient (Wildman–Crippen LogP) is 4.14. The molecule has 1 N–H and O–H groups in total. The van der Waals surface area contributed by atoms with Gasteiger partial charge in [-0.1, -0.05) is 30.3 Å². The lowest BCUT2D eigenvalue weighted by Crippen LogP contribution is -2.13. The van der Waals surface area contributed by atoms with Gasteiger partial charge in [0.25, 0.3) is 10.0 Å². The molecule has 7 heteroatoms. The molecule has 130 valence electrons. The van der Waals surface area contributed by atoms with Crippen molar-refractivity contribution in [3.05, 3.63) is 70.7 Å². The highest BCUT2D eigenvalue weighted by molar-refractivity contribution is 7.93. The van der Waals surface area contributed by atoms with Gasteiger partial charge in [0.05, 0.1) is 10.6 Å². The minimum atomic E-state index is -3.68. The van der Waals surface area contributed by atoms with E-state index in [9.17, 15) is 8.42 Å². The fourth-order valence-electron chi connectivity index (χ4n) is 2.18. The second-order valence-corrected chi connectivity index (χ2v) is 8.40. The molecule has 0 aliphatic rings. The van der Waals surface area contributed by atoms with Crippen molar-refractivity contribution in [1.29, 1.82) is 0 Å². The van der Waals surface area contributed by atoms with Gasteiger partial charge in [0.15, 0.2) is 5.13 Å². The van der Waals surface area contributed by atoms with Crippen LogP contribution in [0.25, 0.3) is 0 Å². The summed E-state index contributed by atoms with van der Waals surface area (Å²) >= 11 is 1.32.